The van der Waals surface area contributed by atoms with E-state index < -0.39 is 21.8 Å². The van der Waals surface area contributed by atoms with E-state index in [1.807, 2.05) is 0 Å². The molecule has 1 heterocycles. The van der Waals surface area contributed by atoms with E-state index in [0.29, 0.717) is 11.3 Å². The molecular weight excluding hydrogens is 286 g/mol. The largest absolute Gasteiger partial charge is 0.481 e. The second-order valence-corrected chi connectivity index (χ2v) is 6.48. The Kier molecular flexibility index (Phi) is 3.87. The first-order valence-electron chi connectivity index (χ1n) is 5.90. The van der Waals surface area contributed by atoms with Crippen molar-refractivity contribution in [3.63, 3.8) is 0 Å². The van der Waals surface area contributed by atoms with Gasteiger partial charge >= 0.3 is 5.97 Å². The Labute approximate surface area is 116 Å². The number of carboxylic acid groups (broad SMARTS) is 1. The van der Waals surface area contributed by atoms with Crippen LogP contribution in [0.25, 0.3) is 0 Å². The van der Waals surface area contributed by atoms with Gasteiger partial charge in [0.2, 0.25) is 6.79 Å². The van der Waals surface area contributed by atoms with Crippen LogP contribution < -0.4 is 15.2 Å². The summed E-state index contributed by atoms with van der Waals surface area (Å²) in [5.41, 5.74) is 6.26. The van der Waals surface area contributed by atoms with Crippen LogP contribution in [0.2, 0.25) is 0 Å². The Balaban J connectivity index is 2.46. The molecular formula is C12H15NO6S. The van der Waals surface area contributed by atoms with Gasteiger partial charge in [-0.2, -0.15) is 0 Å². The second-order valence-electron chi connectivity index (χ2n) is 4.53. The molecule has 1 unspecified atom stereocenters. The zero-order chi connectivity index (χ0) is 14.9. The van der Waals surface area contributed by atoms with Crippen LogP contribution in [0.4, 0.5) is 0 Å². The number of hydrogen-bond acceptors (Lipinski definition) is 6. The molecule has 1 aliphatic rings. The topological polar surface area (TPSA) is 116 Å². The molecule has 0 saturated carbocycles. The number of aliphatic carboxylic acids is 1. The van der Waals surface area contributed by atoms with Gasteiger partial charge in [0.1, 0.15) is 4.90 Å². The molecule has 1 aliphatic heterocycles. The predicted molar refractivity (Wildman–Crippen MR) is 69.5 cm³/mol. The molecule has 2 rings (SSSR count). The lowest BCUT2D eigenvalue weighted by Gasteiger charge is -2.16. The van der Waals surface area contributed by atoms with Gasteiger partial charge in [-0.05, 0) is 18.1 Å². The molecule has 20 heavy (non-hydrogen) atoms. The molecule has 0 amide bonds. The van der Waals surface area contributed by atoms with Crippen LogP contribution in [0.3, 0.4) is 0 Å². The van der Waals surface area contributed by atoms with Gasteiger partial charge < -0.3 is 20.3 Å². The van der Waals surface area contributed by atoms with E-state index in [4.69, 9.17) is 20.3 Å². The number of ether oxygens (including phenoxy) is 2. The van der Waals surface area contributed by atoms with Gasteiger partial charge in [-0.15, -0.1) is 0 Å². The van der Waals surface area contributed by atoms with E-state index in [-0.39, 0.29) is 30.3 Å². The maximum atomic E-state index is 11.9. The van der Waals surface area contributed by atoms with Crippen molar-refractivity contribution in [3.8, 4) is 11.5 Å². The summed E-state index contributed by atoms with van der Waals surface area (Å²) in [6.45, 7) is -0.0499. The Morgan fingerprint density at radius 2 is 2.15 bits per heavy atom. The monoisotopic (exact) mass is 301 g/mol. The van der Waals surface area contributed by atoms with Crippen molar-refractivity contribution in [2.24, 2.45) is 5.73 Å². The molecule has 0 radical (unpaired) electrons. The summed E-state index contributed by atoms with van der Waals surface area (Å²) >= 11 is 0. The molecule has 0 aromatic heterocycles. The summed E-state index contributed by atoms with van der Waals surface area (Å²) in [6.07, 6.45) is 1.05. The fourth-order valence-corrected chi connectivity index (χ4v) is 3.21. The van der Waals surface area contributed by atoms with Crippen LogP contribution in [0.1, 0.15) is 24.4 Å². The number of hydrogen-bond donors (Lipinski definition) is 2. The van der Waals surface area contributed by atoms with Crippen molar-refractivity contribution in [2.75, 3.05) is 13.0 Å². The van der Waals surface area contributed by atoms with Crippen molar-refractivity contribution in [2.45, 2.75) is 23.8 Å². The van der Waals surface area contributed by atoms with Gasteiger partial charge in [0.05, 0.1) is 0 Å². The van der Waals surface area contributed by atoms with E-state index >= 15 is 0 Å². The zero-order valence-corrected chi connectivity index (χ0v) is 11.6. The highest BCUT2D eigenvalue weighted by atomic mass is 32.2. The van der Waals surface area contributed by atoms with Gasteiger partial charge in [0.25, 0.3) is 0 Å². The number of carboxylic acids is 1. The Bertz CT molecular complexity index is 640. The maximum Gasteiger partial charge on any atom is 0.303 e. The van der Waals surface area contributed by atoms with Crippen LogP contribution in [0, 0.1) is 0 Å². The number of fused-ring (bicyclic) bond motifs is 1. The third-order valence-electron chi connectivity index (χ3n) is 2.96. The van der Waals surface area contributed by atoms with Crippen molar-refractivity contribution in [1.29, 1.82) is 0 Å². The van der Waals surface area contributed by atoms with E-state index in [1.165, 1.54) is 6.07 Å². The maximum absolute atomic E-state index is 11.9. The zero-order valence-electron chi connectivity index (χ0n) is 10.8. The summed E-state index contributed by atoms with van der Waals surface area (Å²) in [5, 5.41) is 8.67. The Hall–Kier alpha value is -1.80. The molecule has 0 aliphatic carbocycles. The highest BCUT2D eigenvalue weighted by Gasteiger charge is 2.29. The average molecular weight is 301 g/mol. The smallest absolute Gasteiger partial charge is 0.303 e. The minimum absolute atomic E-state index is 0.0228. The number of sulfone groups is 1. The Morgan fingerprint density at radius 3 is 2.75 bits per heavy atom. The highest BCUT2D eigenvalue weighted by Crippen LogP contribution is 2.42. The van der Waals surface area contributed by atoms with Gasteiger partial charge in [-0.25, -0.2) is 8.42 Å². The third kappa shape index (κ3) is 2.86. The molecule has 1 atom stereocenters. The van der Waals surface area contributed by atoms with Crippen molar-refractivity contribution in [3.05, 3.63) is 17.7 Å². The second kappa shape index (κ2) is 5.29. The molecule has 0 fully saturated rings. The number of benzene rings is 1. The van der Waals surface area contributed by atoms with Crippen molar-refractivity contribution < 1.29 is 27.8 Å². The van der Waals surface area contributed by atoms with Gasteiger partial charge in [0, 0.05) is 18.7 Å². The van der Waals surface area contributed by atoms with E-state index in [0.717, 1.165) is 6.26 Å². The Morgan fingerprint density at radius 1 is 1.45 bits per heavy atom. The van der Waals surface area contributed by atoms with E-state index in [2.05, 4.69) is 0 Å². The lowest BCUT2D eigenvalue weighted by atomic mass is 10.0. The van der Waals surface area contributed by atoms with E-state index in [9.17, 15) is 13.2 Å². The standard InChI is InChI=1S/C12H15NO6S/c1-20(16,17)12-7(8(13)3-5-10(14)15)2-4-9-11(12)19-6-18-9/h2,4,8H,3,5-6,13H2,1H3,(H,14,15). The summed E-state index contributed by atoms with van der Waals surface area (Å²) in [5.74, 6) is -0.488. The number of nitrogens with two attached hydrogens (primary N) is 1. The molecule has 0 bridgehead atoms. The highest BCUT2D eigenvalue weighted by molar-refractivity contribution is 7.90. The van der Waals surface area contributed by atoms with Crippen LogP contribution in [-0.4, -0.2) is 32.5 Å². The molecule has 0 spiro atoms. The van der Waals surface area contributed by atoms with Gasteiger partial charge in [-0.1, -0.05) is 6.07 Å². The van der Waals surface area contributed by atoms with Crippen molar-refractivity contribution in [1.82, 2.24) is 0 Å². The molecule has 3 N–H and O–H groups in total. The summed E-state index contributed by atoms with van der Waals surface area (Å²) < 4.78 is 34.2. The SMILES string of the molecule is CS(=O)(=O)c1c(C(N)CCC(=O)O)ccc2c1OCO2. The first kappa shape index (κ1) is 14.6. The molecule has 0 saturated heterocycles. The average Bonchev–Trinajstić information content (AvgIpc) is 2.81. The summed E-state index contributed by atoms with van der Waals surface area (Å²) in [7, 11) is -3.57. The van der Waals surface area contributed by atoms with Gasteiger partial charge in [0.15, 0.2) is 21.3 Å². The summed E-state index contributed by atoms with van der Waals surface area (Å²) in [4.78, 5) is 10.6. The first-order valence-corrected chi connectivity index (χ1v) is 7.79. The minimum atomic E-state index is -3.57. The fourth-order valence-electron chi connectivity index (χ4n) is 2.07. The van der Waals surface area contributed by atoms with Crippen LogP contribution in [0.15, 0.2) is 17.0 Å². The quantitative estimate of drug-likeness (QED) is 0.821. The molecule has 1 aromatic carbocycles. The minimum Gasteiger partial charge on any atom is -0.481 e. The van der Waals surface area contributed by atoms with E-state index in [1.54, 1.807) is 6.07 Å². The van der Waals surface area contributed by atoms with Crippen LogP contribution in [0.5, 0.6) is 11.5 Å². The molecule has 8 heteroatoms. The third-order valence-corrected chi connectivity index (χ3v) is 4.13. The molecule has 7 nitrogen and oxygen atoms in total. The van der Waals surface area contributed by atoms with Crippen LogP contribution in [-0.2, 0) is 14.6 Å². The lowest BCUT2D eigenvalue weighted by molar-refractivity contribution is -0.137. The fraction of sp³-hybridized carbons (Fsp3) is 0.417. The molecule has 1 aromatic rings. The number of rotatable bonds is 5. The lowest BCUT2D eigenvalue weighted by Crippen LogP contribution is -2.16. The normalized spacial score (nSPS) is 15.1. The van der Waals surface area contributed by atoms with Crippen molar-refractivity contribution >= 4 is 15.8 Å². The summed E-state index contributed by atoms with van der Waals surface area (Å²) in [6, 6.07) is 2.41. The molecule has 110 valence electrons. The number of carbonyl (C=O) groups is 1. The van der Waals surface area contributed by atoms with Gasteiger partial charge in [-0.3, -0.25) is 4.79 Å². The van der Waals surface area contributed by atoms with Crippen LogP contribution >= 0.6 is 0 Å². The predicted octanol–water partition coefficient (Wildman–Crippen LogP) is 0.683. The first-order chi connectivity index (χ1) is 9.30.